The molecule has 0 saturated carbocycles. The lowest BCUT2D eigenvalue weighted by molar-refractivity contribution is -0.136. The van der Waals surface area contributed by atoms with Crippen molar-refractivity contribution in [2.24, 2.45) is 5.41 Å². The second-order valence-corrected chi connectivity index (χ2v) is 7.73. The number of benzene rings is 1. The molecule has 0 atom stereocenters. The van der Waals surface area contributed by atoms with Crippen LogP contribution in [0, 0.1) is 5.41 Å². The summed E-state index contributed by atoms with van der Waals surface area (Å²) in [5.41, 5.74) is 3.00. The van der Waals surface area contributed by atoms with E-state index >= 15 is 0 Å². The molecule has 1 aliphatic rings. The van der Waals surface area contributed by atoms with E-state index in [0.717, 1.165) is 30.0 Å². The van der Waals surface area contributed by atoms with Gasteiger partial charge < -0.3 is 10.4 Å². The number of aliphatic carboxylic acids is 1. The minimum absolute atomic E-state index is 0.0234. The van der Waals surface area contributed by atoms with Crippen molar-refractivity contribution in [2.75, 3.05) is 12.3 Å². The van der Waals surface area contributed by atoms with E-state index < -0.39 is 5.97 Å². The van der Waals surface area contributed by atoms with Crippen molar-refractivity contribution in [3.05, 3.63) is 47.2 Å². The number of hydrogen-bond acceptors (Lipinski definition) is 4. The van der Waals surface area contributed by atoms with Crippen molar-refractivity contribution in [3.63, 3.8) is 0 Å². The van der Waals surface area contributed by atoms with Gasteiger partial charge in [-0.2, -0.15) is 11.8 Å². The summed E-state index contributed by atoms with van der Waals surface area (Å²) in [5.74, 6) is 0.618. The largest absolute Gasteiger partial charge is 0.481 e. The Hall–Kier alpha value is -1.75. The number of nitrogens with one attached hydrogen (secondary N) is 1. The molecule has 0 spiro atoms. The lowest BCUT2D eigenvalue weighted by Crippen LogP contribution is -2.15. The molecule has 0 bridgehead atoms. The first kappa shape index (κ1) is 17.6. The van der Waals surface area contributed by atoms with Gasteiger partial charge in [-0.3, -0.25) is 9.59 Å². The first-order valence-corrected chi connectivity index (χ1v) is 8.88. The molecule has 1 fully saturated rings. The van der Waals surface area contributed by atoms with Gasteiger partial charge in [0.15, 0.2) is 5.78 Å². The fourth-order valence-electron chi connectivity index (χ4n) is 2.45. The molecule has 0 radical (unpaired) electrons. The minimum Gasteiger partial charge on any atom is -0.481 e. The van der Waals surface area contributed by atoms with Crippen LogP contribution in [0.15, 0.2) is 36.0 Å². The van der Waals surface area contributed by atoms with Crippen molar-refractivity contribution in [1.29, 1.82) is 0 Å². The Morgan fingerprint density at radius 1 is 1.30 bits per heavy atom. The first-order valence-electron chi connectivity index (χ1n) is 7.73. The fraction of sp³-hybridized carbons (Fsp3) is 0.444. The number of thioether (sulfide) groups is 1. The van der Waals surface area contributed by atoms with E-state index in [0.29, 0.717) is 11.3 Å². The third-order valence-electron chi connectivity index (χ3n) is 3.74. The number of carbonyl (C=O) groups excluding carboxylic acids is 1. The summed E-state index contributed by atoms with van der Waals surface area (Å²) in [6.45, 7) is 5.27. The summed E-state index contributed by atoms with van der Waals surface area (Å²) in [4.78, 5) is 22.7. The van der Waals surface area contributed by atoms with Crippen LogP contribution in [0.25, 0.3) is 0 Å². The monoisotopic (exact) mass is 333 g/mol. The van der Waals surface area contributed by atoms with Gasteiger partial charge in [-0.25, -0.2) is 0 Å². The van der Waals surface area contributed by atoms with Crippen LogP contribution in [-0.2, 0) is 10.5 Å². The zero-order valence-electron chi connectivity index (χ0n) is 13.6. The van der Waals surface area contributed by atoms with Crippen LogP contribution < -0.4 is 5.32 Å². The van der Waals surface area contributed by atoms with Crippen LogP contribution in [0.3, 0.4) is 0 Å². The first-order chi connectivity index (χ1) is 10.9. The van der Waals surface area contributed by atoms with Gasteiger partial charge in [0.1, 0.15) is 0 Å². The lowest BCUT2D eigenvalue weighted by Gasteiger charge is -2.12. The summed E-state index contributed by atoms with van der Waals surface area (Å²) in [6, 6.07) is 7.55. The smallest absolute Gasteiger partial charge is 0.304 e. The molecule has 1 aromatic carbocycles. The van der Waals surface area contributed by atoms with Crippen LogP contribution in [0.4, 0.5) is 0 Å². The molecule has 1 saturated heterocycles. The summed E-state index contributed by atoms with van der Waals surface area (Å²) in [7, 11) is 0. The maximum Gasteiger partial charge on any atom is 0.304 e. The van der Waals surface area contributed by atoms with Gasteiger partial charge in [0.2, 0.25) is 0 Å². The van der Waals surface area contributed by atoms with Crippen LogP contribution in [-0.4, -0.2) is 29.2 Å². The Labute approximate surface area is 141 Å². The average Bonchev–Trinajstić information content (AvgIpc) is 2.83. The average molecular weight is 333 g/mol. The van der Waals surface area contributed by atoms with E-state index in [1.54, 1.807) is 17.8 Å². The summed E-state index contributed by atoms with van der Waals surface area (Å²) < 4.78 is 0. The highest BCUT2D eigenvalue weighted by atomic mass is 32.2. The fourth-order valence-corrected chi connectivity index (χ4v) is 3.34. The predicted octanol–water partition coefficient (Wildman–Crippen LogP) is 3.48. The highest BCUT2D eigenvalue weighted by molar-refractivity contribution is 7.98. The molecule has 0 aliphatic carbocycles. The molecule has 1 aliphatic heterocycles. The lowest BCUT2D eigenvalue weighted by atomic mass is 9.92. The number of rotatable bonds is 7. The molecule has 2 rings (SSSR count). The van der Waals surface area contributed by atoms with E-state index in [1.807, 2.05) is 24.3 Å². The molecule has 2 N–H and O–H groups in total. The molecule has 124 valence electrons. The highest BCUT2D eigenvalue weighted by Gasteiger charge is 2.26. The molecule has 1 aromatic rings. The van der Waals surface area contributed by atoms with Gasteiger partial charge in [-0.1, -0.05) is 38.1 Å². The molecular formula is C18H23NO3S. The van der Waals surface area contributed by atoms with Gasteiger partial charge in [0.05, 0.1) is 6.42 Å². The van der Waals surface area contributed by atoms with Crippen molar-refractivity contribution in [3.8, 4) is 0 Å². The molecule has 0 amide bonds. The summed E-state index contributed by atoms with van der Waals surface area (Å²) >= 11 is 1.59. The van der Waals surface area contributed by atoms with E-state index in [-0.39, 0.29) is 17.6 Å². The quantitative estimate of drug-likeness (QED) is 0.454. The third-order valence-corrected chi connectivity index (χ3v) is 4.77. The molecule has 0 unspecified atom stereocenters. The Kier molecular flexibility index (Phi) is 5.88. The number of hydrogen-bond donors (Lipinski definition) is 2. The van der Waals surface area contributed by atoms with Gasteiger partial charge in [-0.05, 0) is 17.4 Å². The third kappa shape index (κ3) is 5.75. The van der Waals surface area contributed by atoms with Crippen molar-refractivity contribution in [1.82, 2.24) is 5.32 Å². The van der Waals surface area contributed by atoms with E-state index in [4.69, 9.17) is 5.11 Å². The Balaban J connectivity index is 1.88. The highest BCUT2D eigenvalue weighted by Crippen LogP contribution is 2.29. The van der Waals surface area contributed by atoms with Gasteiger partial charge in [-0.15, -0.1) is 0 Å². The van der Waals surface area contributed by atoms with Crippen molar-refractivity contribution >= 4 is 23.5 Å². The summed E-state index contributed by atoms with van der Waals surface area (Å²) in [6.07, 6.45) is 2.78. The minimum atomic E-state index is -0.768. The Morgan fingerprint density at radius 2 is 2.00 bits per heavy atom. The van der Waals surface area contributed by atoms with Crippen molar-refractivity contribution < 1.29 is 14.7 Å². The van der Waals surface area contributed by atoms with E-state index in [9.17, 15) is 9.59 Å². The van der Waals surface area contributed by atoms with Gasteiger partial charge in [0.25, 0.3) is 0 Å². The molecule has 23 heavy (non-hydrogen) atoms. The Morgan fingerprint density at radius 3 is 2.57 bits per heavy atom. The molecule has 0 aromatic heterocycles. The Bertz CT molecular complexity index is 605. The zero-order valence-corrected chi connectivity index (χ0v) is 14.4. The van der Waals surface area contributed by atoms with Crippen LogP contribution in [0.1, 0.15) is 42.6 Å². The topological polar surface area (TPSA) is 66.4 Å². The second-order valence-electron chi connectivity index (χ2n) is 6.62. The van der Waals surface area contributed by atoms with Crippen LogP contribution in [0.2, 0.25) is 0 Å². The number of carboxylic acid groups (broad SMARTS) is 1. The standard InChI is InChI=1S/C18H23NO3S/c1-18(2)10-15(19-12-18)9-16(20)14-5-3-13(4-6-14)11-23-8-7-17(21)22/h3-6,9,19H,7-8,10-12H2,1-2H3,(H,21,22)/b15-9-. The number of allylic oxidation sites excluding steroid dienone is 2. The number of ketones is 1. The maximum absolute atomic E-state index is 12.3. The number of carboxylic acids is 1. The van der Waals surface area contributed by atoms with Gasteiger partial charge >= 0.3 is 5.97 Å². The van der Waals surface area contributed by atoms with E-state index in [1.165, 1.54) is 0 Å². The van der Waals surface area contributed by atoms with Crippen LogP contribution >= 0.6 is 11.8 Å². The van der Waals surface area contributed by atoms with Crippen molar-refractivity contribution in [2.45, 2.75) is 32.4 Å². The zero-order chi connectivity index (χ0) is 16.9. The maximum atomic E-state index is 12.3. The SMILES string of the molecule is CC1(C)CN/C(=C\C(=O)c2ccc(CSCCC(=O)O)cc2)C1. The predicted molar refractivity (Wildman–Crippen MR) is 93.7 cm³/mol. The number of carbonyl (C=O) groups is 2. The summed E-state index contributed by atoms with van der Waals surface area (Å²) in [5, 5.41) is 11.9. The second kappa shape index (κ2) is 7.68. The van der Waals surface area contributed by atoms with Gasteiger partial charge in [0, 0.05) is 35.4 Å². The molecular weight excluding hydrogens is 310 g/mol. The van der Waals surface area contributed by atoms with E-state index in [2.05, 4.69) is 19.2 Å². The van der Waals surface area contributed by atoms with Crippen LogP contribution in [0.5, 0.6) is 0 Å². The normalized spacial score (nSPS) is 17.9. The molecule has 4 nitrogen and oxygen atoms in total. The molecule has 1 heterocycles. The molecule has 5 heteroatoms.